The maximum absolute atomic E-state index is 15.2. The minimum Gasteiger partial charge on any atom is -0.423 e. The van der Waals surface area contributed by atoms with Crippen molar-refractivity contribution in [3.8, 4) is 45.3 Å². The van der Waals surface area contributed by atoms with E-state index in [2.05, 4.69) is 62.4 Å². The first-order valence-electron chi connectivity index (χ1n) is 25.0. The summed E-state index contributed by atoms with van der Waals surface area (Å²) < 4.78 is 52.0. The van der Waals surface area contributed by atoms with Crippen LogP contribution in [0.2, 0.25) is 0 Å². The smallest absolute Gasteiger partial charge is 0.346 e. The summed E-state index contributed by atoms with van der Waals surface area (Å²) in [6.07, 6.45) is 17.1. The van der Waals surface area contributed by atoms with Gasteiger partial charge in [0, 0.05) is 18.2 Å². The first kappa shape index (κ1) is 52.1. The number of unbranched alkanes of at least 4 members (excludes halogenated alkanes) is 10. The van der Waals surface area contributed by atoms with Crippen molar-refractivity contribution in [2.45, 2.75) is 104 Å². The van der Waals surface area contributed by atoms with Crippen LogP contribution in [-0.4, -0.2) is 23.9 Å². The van der Waals surface area contributed by atoms with Gasteiger partial charge in [0.05, 0.1) is 22.3 Å². The molecule has 0 saturated heterocycles. The molecule has 0 aliphatic heterocycles. The van der Waals surface area contributed by atoms with Crippen LogP contribution in [0, 0.1) is 11.6 Å². The predicted octanol–water partition coefficient (Wildman–Crippen LogP) is 16.0. The van der Waals surface area contributed by atoms with Gasteiger partial charge in [-0.2, -0.15) is 0 Å². The Morgan fingerprint density at radius 2 is 0.667 bits per heavy atom. The number of ether oxygens (including phenoxy) is 4. The number of esters is 4. The van der Waals surface area contributed by atoms with E-state index >= 15 is 8.78 Å². The molecule has 7 rings (SSSR count). The Kier molecular flexibility index (Phi) is 19.2. The summed E-state index contributed by atoms with van der Waals surface area (Å²) in [5, 5.41) is 0. The molecule has 0 N–H and O–H groups in total. The zero-order valence-electron chi connectivity index (χ0n) is 40.9. The van der Waals surface area contributed by atoms with Crippen LogP contribution in [0.1, 0.15) is 143 Å². The first-order chi connectivity index (χ1) is 35.1. The molecule has 370 valence electrons. The van der Waals surface area contributed by atoms with Crippen LogP contribution in [0.25, 0.3) is 22.3 Å². The lowest BCUT2D eigenvalue weighted by Crippen LogP contribution is -2.13. The molecule has 72 heavy (non-hydrogen) atoms. The highest BCUT2D eigenvalue weighted by atomic mass is 19.1. The molecule has 0 aromatic heterocycles. The predicted molar refractivity (Wildman–Crippen MR) is 277 cm³/mol. The quantitative estimate of drug-likeness (QED) is 0.0335. The number of carbonyl (C=O) groups excluding carboxylic acids is 4. The lowest BCUT2D eigenvalue weighted by atomic mass is 10.00. The third-order valence-electron chi connectivity index (χ3n) is 12.4. The summed E-state index contributed by atoms with van der Waals surface area (Å²) >= 11 is 0. The van der Waals surface area contributed by atoms with Gasteiger partial charge in [0.1, 0.15) is 34.6 Å². The van der Waals surface area contributed by atoms with E-state index in [0.717, 1.165) is 59.4 Å². The van der Waals surface area contributed by atoms with Gasteiger partial charge in [-0.25, -0.2) is 28.0 Å². The Morgan fingerprint density at radius 3 is 1.03 bits per heavy atom. The molecule has 0 fully saturated rings. The number of benzene rings is 7. The molecule has 0 amide bonds. The van der Waals surface area contributed by atoms with Crippen LogP contribution in [0.3, 0.4) is 0 Å². The summed E-state index contributed by atoms with van der Waals surface area (Å²) in [4.78, 5) is 52.0. The number of aryl methyl sites for hydroxylation is 2. The molecule has 0 aliphatic carbocycles. The summed E-state index contributed by atoms with van der Waals surface area (Å²) in [5.74, 6) is -5.99. The SMILES string of the molecule is CCCCCCCCc1ccc(-c2ccc(C(=O)Oc3ccc(C(=O)Oc4cccc(OC(=O)c5ccc(OC(=O)c6ccc(-c7ccc(CCCCCCCC)cc7)cc6)cc5F)c4)c(F)c3)cc2)cc1. The van der Waals surface area contributed by atoms with Gasteiger partial charge in [0.2, 0.25) is 0 Å². The monoisotopic (exact) mass is 970 g/mol. The van der Waals surface area contributed by atoms with Crippen LogP contribution in [0.15, 0.2) is 158 Å². The molecule has 7 aromatic rings. The topological polar surface area (TPSA) is 105 Å². The Balaban J connectivity index is 0.865. The third-order valence-corrected chi connectivity index (χ3v) is 12.4. The van der Waals surface area contributed by atoms with Gasteiger partial charge >= 0.3 is 23.9 Å². The minimum atomic E-state index is -1.07. The van der Waals surface area contributed by atoms with Crippen LogP contribution in [0.5, 0.6) is 23.0 Å². The van der Waals surface area contributed by atoms with E-state index in [4.69, 9.17) is 18.9 Å². The zero-order chi connectivity index (χ0) is 50.7. The Bertz CT molecular complexity index is 2710. The van der Waals surface area contributed by atoms with E-state index in [9.17, 15) is 19.2 Å². The maximum atomic E-state index is 15.2. The number of hydrogen-bond acceptors (Lipinski definition) is 8. The fourth-order valence-corrected chi connectivity index (χ4v) is 8.25. The van der Waals surface area contributed by atoms with Gasteiger partial charge in [-0.1, -0.05) is 157 Å². The highest BCUT2D eigenvalue weighted by Crippen LogP contribution is 2.28. The molecule has 0 spiro atoms. The summed E-state index contributed by atoms with van der Waals surface area (Å²) in [7, 11) is 0. The molecule has 0 radical (unpaired) electrons. The Labute approximate surface area is 421 Å². The summed E-state index contributed by atoms with van der Waals surface area (Å²) in [6, 6.07) is 42.7. The van der Waals surface area contributed by atoms with E-state index in [-0.39, 0.29) is 34.1 Å². The van der Waals surface area contributed by atoms with Crippen LogP contribution >= 0.6 is 0 Å². The van der Waals surface area contributed by atoms with Gasteiger partial charge in [-0.05, 0) is 120 Å². The third kappa shape index (κ3) is 15.1. The molecule has 0 saturated carbocycles. The van der Waals surface area contributed by atoms with E-state index in [1.165, 1.54) is 125 Å². The van der Waals surface area contributed by atoms with Crippen molar-refractivity contribution in [3.63, 3.8) is 0 Å². The normalized spacial score (nSPS) is 10.9. The van der Waals surface area contributed by atoms with Crippen molar-refractivity contribution in [2.24, 2.45) is 0 Å². The summed E-state index contributed by atoms with van der Waals surface area (Å²) in [5.41, 5.74) is 6.13. The second kappa shape index (κ2) is 26.5. The van der Waals surface area contributed by atoms with Crippen LogP contribution < -0.4 is 18.9 Å². The lowest BCUT2D eigenvalue weighted by molar-refractivity contribution is 0.0720. The van der Waals surface area contributed by atoms with Gasteiger partial charge in [-0.3, -0.25) is 0 Å². The summed E-state index contributed by atoms with van der Waals surface area (Å²) in [6.45, 7) is 4.44. The van der Waals surface area contributed by atoms with Crippen molar-refractivity contribution < 1.29 is 46.9 Å². The van der Waals surface area contributed by atoms with E-state index in [1.54, 1.807) is 24.3 Å². The van der Waals surface area contributed by atoms with Crippen molar-refractivity contribution in [3.05, 3.63) is 203 Å². The highest BCUT2D eigenvalue weighted by molar-refractivity contribution is 5.94. The van der Waals surface area contributed by atoms with Gasteiger partial charge in [0.15, 0.2) is 0 Å². The first-order valence-corrected chi connectivity index (χ1v) is 25.0. The Hall–Kier alpha value is -7.72. The molecule has 8 nitrogen and oxygen atoms in total. The largest absolute Gasteiger partial charge is 0.423 e. The second-order valence-electron chi connectivity index (χ2n) is 17.9. The van der Waals surface area contributed by atoms with Crippen molar-refractivity contribution in [1.82, 2.24) is 0 Å². The second-order valence-corrected chi connectivity index (χ2v) is 17.9. The molecular formula is C62H60F2O8. The lowest BCUT2D eigenvalue weighted by Gasteiger charge is -2.10. The van der Waals surface area contributed by atoms with Crippen LogP contribution in [-0.2, 0) is 12.8 Å². The van der Waals surface area contributed by atoms with Crippen molar-refractivity contribution >= 4 is 23.9 Å². The fraction of sp³-hybridized carbons (Fsp3) is 0.258. The number of carbonyl (C=O) groups is 4. The van der Waals surface area contributed by atoms with Gasteiger partial charge < -0.3 is 18.9 Å². The number of halogens is 2. The average Bonchev–Trinajstić information content (AvgIpc) is 3.39. The molecule has 0 aliphatic rings. The van der Waals surface area contributed by atoms with Gasteiger partial charge in [0.25, 0.3) is 0 Å². The van der Waals surface area contributed by atoms with Gasteiger partial charge in [-0.15, -0.1) is 0 Å². The van der Waals surface area contributed by atoms with E-state index < -0.39 is 46.6 Å². The van der Waals surface area contributed by atoms with E-state index in [0.29, 0.717) is 0 Å². The Morgan fingerprint density at radius 1 is 0.347 bits per heavy atom. The molecule has 10 heteroatoms. The highest BCUT2D eigenvalue weighted by Gasteiger charge is 2.20. The maximum Gasteiger partial charge on any atom is 0.346 e. The molecule has 0 bridgehead atoms. The molecule has 0 unspecified atom stereocenters. The fourth-order valence-electron chi connectivity index (χ4n) is 8.25. The zero-order valence-corrected chi connectivity index (χ0v) is 40.9. The number of rotatable bonds is 24. The standard InChI is InChI=1S/C62H60F2O8/c1-3-5-7-9-11-13-16-43-20-24-45(25-21-43)47-28-32-49(33-29-47)59(65)69-53-36-38-55(57(63)41-53)61(67)71-51-18-15-19-52(40-51)72-62(68)56-39-37-54(42-58(56)64)70-60(66)50-34-30-48(31-35-50)46-26-22-44(23-27-46)17-14-12-10-8-6-4-2/h15,18-42H,3-14,16-17H2,1-2H3. The number of hydrogen-bond donors (Lipinski definition) is 0. The van der Waals surface area contributed by atoms with Crippen molar-refractivity contribution in [2.75, 3.05) is 0 Å². The molecule has 0 heterocycles. The van der Waals surface area contributed by atoms with Crippen LogP contribution in [0.4, 0.5) is 8.78 Å². The van der Waals surface area contributed by atoms with Crippen molar-refractivity contribution in [1.29, 1.82) is 0 Å². The van der Waals surface area contributed by atoms with E-state index in [1.807, 2.05) is 24.3 Å². The molecular weight excluding hydrogens is 911 g/mol. The molecule has 7 aromatic carbocycles. The molecule has 0 atom stereocenters. The average molecular weight is 971 g/mol. The minimum absolute atomic E-state index is 0.0970.